The average molecular weight is 599 g/mol. The van der Waals surface area contributed by atoms with Crippen molar-refractivity contribution in [1.82, 2.24) is 50.4 Å². The van der Waals surface area contributed by atoms with Gasteiger partial charge in [-0.1, -0.05) is 5.21 Å². The largest absolute Gasteiger partial charge is 0.457 e. The third kappa shape index (κ3) is 7.39. The lowest BCUT2D eigenvalue weighted by Gasteiger charge is -2.32. The number of tetrazole rings is 2. The summed E-state index contributed by atoms with van der Waals surface area (Å²) in [6.07, 6.45) is -4.01. The highest BCUT2D eigenvalue weighted by Gasteiger charge is 2.38. The van der Waals surface area contributed by atoms with Gasteiger partial charge in [0, 0.05) is 27.8 Å². The maximum atomic E-state index is 14.0. The average Bonchev–Trinajstić information content (AvgIpc) is 3.60. The first kappa shape index (κ1) is 30.8. The van der Waals surface area contributed by atoms with Crippen LogP contribution in [-0.2, 0) is 53.5 Å². The fourth-order valence-corrected chi connectivity index (χ4v) is 4.36. The van der Waals surface area contributed by atoms with Crippen LogP contribution >= 0.6 is 0 Å². The van der Waals surface area contributed by atoms with Crippen LogP contribution in [0.3, 0.4) is 0 Å². The van der Waals surface area contributed by atoms with E-state index in [-0.39, 0.29) is 37.1 Å². The molecule has 0 aliphatic heterocycles. The molecule has 0 radical (unpaired) electrons. The molecule has 1 aromatic carbocycles. The fraction of sp³-hybridized carbons (Fsp3) is 0.480. The third-order valence-electron chi connectivity index (χ3n) is 6.33. The first-order valence-corrected chi connectivity index (χ1v) is 13.0. The van der Waals surface area contributed by atoms with Crippen molar-refractivity contribution in [2.24, 2.45) is 7.05 Å². The molecule has 4 aromatic rings. The Hall–Kier alpha value is -5.13. The number of rotatable bonds is 12. The zero-order chi connectivity index (χ0) is 31.3. The molecular formula is C25H30N10O8. The van der Waals surface area contributed by atoms with Crippen molar-refractivity contribution in [3.63, 3.8) is 0 Å². The smallest absolute Gasteiger partial charge is 0.303 e. The topological polar surface area (TPSA) is 221 Å². The van der Waals surface area contributed by atoms with Crippen molar-refractivity contribution < 1.29 is 33.3 Å². The SMILES string of the molecule is CC(=O)O[C@@H]([C@H](Cn1c(=O)c(-c2nnnn2C)nc2cc(C)c(C)cc21)OC(C)=O)[C@@H](COCc1nn[nH]n1)OC(C)=O. The Bertz CT molecular complexity index is 1680. The van der Waals surface area contributed by atoms with Gasteiger partial charge in [0.1, 0.15) is 6.61 Å². The summed E-state index contributed by atoms with van der Waals surface area (Å²) in [5.74, 6) is -1.91. The van der Waals surface area contributed by atoms with Gasteiger partial charge in [0.25, 0.3) is 5.56 Å². The number of H-pyrrole nitrogens is 1. The molecule has 18 nitrogen and oxygen atoms in total. The number of hydrogen-bond donors (Lipinski definition) is 1. The van der Waals surface area contributed by atoms with E-state index < -0.39 is 41.8 Å². The minimum Gasteiger partial charge on any atom is -0.457 e. The van der Waals surface area contributed by atoms with Crippen molar-refractivity contribution in [3.8, 4) is 11.5 Å². The quantitative estimate of drug-likeness (QED) is 0.164. The number of fused-ring (bicyclic) bond motifs is 1. The molecule has 18 heteroatoms. The van der Waals surface area contributed by atoms with Gasteiger partial charge in [0.2, 0.25) is 5.82 Å². The summed E-state index contributed by atoms with van der Waals surface area (Å²) in [7, 11) is 1.56. The molecular weight excluding hydrogens is 568 g/mol. The Morgan fingerprint density at radius 1 is 0.953 bits per heavy atom. The minimum absolute atomic E-state index is 0.0613. The number of carbonyl (C=O) groups excluding carboxylic acids is 3. The van der Waals surface area contributed by atoms with E-state index in [9.17, 15) is 19.2 Å². The predicted octanol–water partition coefficient (Wildman–Crippen LogP) is -0.271. The molecule has 1 N–H and O–H groups in total. The van der Waals surface area contributed by atoms with E-state index in [4.69, 9.17) is 18.9 Å². The van der Waals surface area contributed by atoms with E-state index in [1.807, 2.05) is 13.8 Å². The van der Waals surface area contributed by atoms with Crippen LogP contribution in [0.4, 0.5) is 0 Å². The van der Waals surface area contributed by atoms with E-state index in [2.05, 4.69) is 41.1 Å². The molecule has 3 aromatic heterocycles. The molecule has 4 rings (SSSR count). The molecule has 0 saturated carbocycles. The molecule has 0 aliphatic carbocycles. The van der Waals surface area contributed by atoms with Crippen LogP contribution < -0.4 is 5.56 Å². The lowest BCUT2D eigenvalue weighted by molar-refractivity contribution is -0.189. The Balaban J connectivity index is 1.82. The monoisotopic (exact) mass is 598 g/mol. The van der Waals surface area contributed by atoms with E-state index in [1.54, 1.807) is 19.2 Å². The normalized spacial score (nSPS) is 13.3. The van der Waals surface area contributed by atoms with Gasteiger partial charge >= 0.3 is 17.9 Å². The molecule has 3 heterocycles. The van der Waals surface area contributed by atoms with E-state index >= 15 is 0 Å². The molecule has 0 unspecified atom stereocenters. The number of aromatic amines is 1. The van der Waals surface area contributed by atoms with E-state index in [0.29, 0.717) is 11.0 Å². The summed E-state index contributed by atoms with van der Waals surface area (Å²) < 4.78 is 24.9. The second kappa shape index (κ2) is 13.2. The number of hydrogen-bond acceptors (Lipinski definition) is 15. The highest BCUT2D eigenvalue weighted by Crippen LogP contribution is 2.23. The lowest BCUT2D eigenvalue weighted by atomic mass is 10.1. The van der Waals surface area contributed by atoms with Crippen LogP contribution in [0.25, 0.3) is 22.6 Å². The Morgan fingerprint density at radius 3 is 2.23 bits per heavy atom. The molecule has 3 atom stereocenters. The Labute approximate surface area is 243 Å². The van der Waals surface area contributed by atoms with Gasteiger partial charge in [-0.05, 0) is 47.5 Å². The van der Waals surface area contributed by atoms with Crippen LogP contribution in [0.5, 0.6) is 0 Å². The zero-order valence-corrected chi connectivity index (χ0v) is 24.3. The van der Waals surface area contributed by atoms with Gasteiger partial charge in [-0.3, -0.25) is 19.2 Å². The van der Waals surface area contributed by atoms with Gasteiger partial charge in [-0.15, -0.1) is 15.3 Å². The van der Waals surface area contributed by atoms with Gasteiger partial charge < -0.3 is 23.5 Å². The first-order valence-electron chi connectivity index (χ1n) is 13.0. The number of nitrogens with one attached hydrogen (secondary N) is 1. The molecule has 0 amide bonds. The van der Waals surface area contributed by atoms with Gasteiger partial charge in [0.05, 0.1) is 24.2 Å². The number of aryl methyl sites for hydroxylation is 3. The summed E-state index contributed by atoms with van der Waals surface area (Å²) in [6, 6.07) is 3.56. The fourth-order valence-electron chi connectivity index (χ4n) is 4.36. The lowest BCUT2D eigenvalue weighted by Crippen LogP contribution is -2.49. The van der Waals surface area contributed by atoms with E-state index in [1.165, 1.54) is 9.25 Å². The van der Waals surface area contributed by atoms with Crippen LogP contribution in [0, 0.1) is 13.8 Å². The van der Waals surface area contributed by atoms with Gasteiger partial charge in [-0.2, -0.15) is 5.21 Å². The summed E-state index contributed by atoms with van der Waals surface area (Å²) in [4.78, 5) is 55.2. The molecule has 0 aliphatic rings. The minimum atomic E-state index is -1.41. The Kier molecular flexibility index (Phi) is 9.49. The van der Waals surface area contributed by atoms with Gasteiger partial charge in [0.15, 0.2) is 29.8 Å². The highest BCUT2D eigenvalue weighted by atomic mass is 16.6. The highest BCUT2D eigenvalue weighted by molar-refractivity contribution is 5.79. The van der Waals surface area contributed by atoms with Crippen molar-refractivity contribution in [2.45, 2.75) is 66.1 Å². The zero-order valence-electron chi connectivity index (χ0n) is 24.3. The number of ether oxygens (including phenoxy) is 4. The molecule has 43 heavy (non-hydrogen) atoms. The third-order valence-corrected chi connectivity index (χ3v) is 6.33. The van der Waals surface area contributed by atoms with Crippen LogP contribution in [0.2, 0.25) is 0 Å². The number of aromatic nitrogens is 10. The van der Waals surface area contributed by atoms with Crippen molar-refractivity contribution in [1.29, 1.82) is 0 Å². The number of carbonyl (C=O) groups is 3. The Morgan fingerprint density at radius 2 is 1.63 bits per heavy atom. The van der Waals surface area contributed by atoms with E-state index in [0.717, 1.165) is 31.9 Å². The maximum Gasteiger partial charge on any atom is 0.303 e. The van der Waals surface area contributed by atoms with Crippen molar-refractivity contribution in [2.75, 3.05) is 6.61 Å². The summed E-state index contributed by atoms with van der Waals surface area (Å²) in [5.41, 5.74) is 1.95. The number of esters is 3. The molecule has 0 bridgehead atoms. The second-order valence-electron chi connectivity index (χ2n) is 9.64. The number of benzene rings is 1. The summed E-state index contributed by atoms with van der Waals surface area (Å²) in [6.45, 7) is 6.44. The van der Waals surface area contributed by atoms with Crippen LogP contribution in [0.15, 0.2) is 16.9 Å². The molecule has 0 saturated heterocycles. The van der Waals surface area contributed by atoms with Crippen molar-refractivity contribution >= 4 is 28.9 Å². The summed E-state index contributed by atoms with van der Waals surface area (Å²) >= 11 is 0. The predicted molar refractivity (Wildman–Crippen MR) is 144 cm³/mol. The standard InChI is InChI=1S/C25H30N10O8/c1-12-7-17-18(8-13(12)2)35(25(39)22(26-17)24-29-32-33-34(24)6)9-19(41-14(3)36)23(43-16(5)38)20(42-15(4)37)10-40-11-21-27-30-31-28-21/h7-8,19-20,23H,9-11H2,1-6H3,(H,27,28,30,31)/t19-,20+,23-/m0/s1. The van der Waals surface area contributed by atoms with Crippen LogP contribution in [-0.4, -0.2) is 93.2 Å². The molecule has 228 valence electrons. The number of nitrogens with zero attached hydrogens (tertiary/aromatic N) is 9. The molecule has 0 fully saturated rings. The first-order chi connectivity index (χ1) is 20.4. The van der Waals surface area contributed by atoms with Crippen LogP contribution in [0.1, 0.15) is 37.7 Å². The van der Waals surface area contributed by atoms with Crippen molar-refractivity contribution in [3.05, 3.63) is 39.4 Å². The second-order valence-corrected chi connectivity index (χ2v) is 9.64. The summed E-state index contributed by atoms with van der Waals surface area (Å²) in [5, 5.41) is 24.7. The molecule has 0 spiro atoms. The van der Waals surface area contributed by atoms with Gasteiger partial charge in [-0.25, -0.2) is 9.67 Å². The maximum absolute atomic E-state index is 14.0.